The minimum atomic E-state index is 0.509. The number of nitrogens with zero attached hydrogens (tertiary/aromatic N) is 1. The van der Waals surface area contributed by atoms with Gasteiger partial charge in [-0.25, -0.2) is 4.98 Å². The van der Waals surface area contributed by atoms with Gasteiger partial charge in [0.25, 0.3) is 0 Å². The molecule has 0 radical (unpaired) electrons. The Morgan fingerprint density at radius 1 is 1.25 bits per heavy atom. The van der Waals surface area contributed by atoms with E-state index in [1.807, 2.05) is 18.3 Å². The molecule has 0 amide bonds. The molecule has 1 N–H and O–H groups in total. The van der Waals surface area contributed by atoms with Crippen molar-refractivity contribution in [1.29, 1.82) is 0 Å². The molecular weight excluding hydrogens is 252 g/mol. The summed E-state index contributed by atoms with van der Waals surface area (Å²) in [6.07, 6.45) is 6.90. The molecule has 1 aromatic rings. The van der Waals surface area contributed by atoms with Crippen molar-refractivity contribution in [2.45, 2.75) is 45.6 Å². The zero-order valence-corrected chi connectivity index (χ0v) is 12.8. The Bertz CT molecular complexity index is 393. The monoisotopic (exact) mass is 278 g/mol. The molecular formula is C16H26N2O2. The number of anilines is 1. The van der Waals surface area contributed by atoms with Crippen molar-refractivity contribution >= 4 is 5.69 Å². The van der Waals surface area contributed by atoms with Gasteiger partial charge in [0.15, 0.2) is 0 Å². The van der Waals surface area contributed by atoms with Crippen LogP contribution in [-0.2, 0) is 4.74 Å². The summed E-state index contributed by atoms with van der Waals surface area (Å²) in [4.78, 5) is 4.30. The molecule has 0 unspecified atom stereocenters. The van der Waals surface area contributed by atoms with E-state index in [0.717, 1.165) is 5.69 Å². The topological polar surface area (TPSA) is 43.4 Å². The Morgan fingerprint density at radius 2 is 2.00 bits per heavy atom. The molecule has 0 aliphatic heterocycles. The second-order valence-corrected chi connectivity index (χ2v) is 6.31. The Balaban J connectivity index is 1.79. The van der Waals surface area contributed by atoms with Crippen LogP contribution < -0.4 is 10.1 Å². The minimum Gasteiger partial charge on any atom is -0.475 e. The second kappa shape index (κ2) is 6.93. The first kappa shape index (κ1) is 15.1. The van der Waals surface area contributed by atoms with Crippen molar-refractivity contribution in [2.24, 2.45) is 5.41 Å². The molecule has 0 spiro atoms. The van der Waals surface area contributed by atoms with Gasteiger partial charge in [-0.3, -0.25) is 0 Å². The van der Waals surface area contributed by atoms with Crippen LogP contribution in [0.2, 0.25) is 0 Å². The standard InChI is InChI=1S/C16H26N2O2/c1-16(2)8-6-13(7-9-16)18-14-4-5-15(17-12-14)20-11-10-19-3/h4-5,12-13,18H,6-11H2,1-3H3. The zero-order chi connectivity index (χ0) is 14.4. The number of ether oxygens (including phenoxy) is 2. The molecule has 1 aliphatic carbocycles. The summed E-state index contributed by atoms with van der Waals surface area (Å²) < 4.78 is 10.4. The molecule has 1 heterocycles. The lowest BCUT2D eigenvalue weighted by Crippen LogP contribution is -2.29. The maximum Gasteiger partial charge on any atom is 0.213 e. The van der Waals surface area contributed by atoms with E-state index in [9.17, 15) is 0 Å². The maximum atomic E-state index is 5.45. The molecule has 1 fully saturated rings. The largest absolute Gasteiger partial charge is 0.475 e. The SMILES string of the molecule is COCCOc1ccc(NC2CCC(C)(C)CC2)cn1. The van der Waals surface area contributed by atoms with Crippen LogP contribution in [0.25, 0.3) is 0 Å². The first-order chi connectivity index (χ1) is 9.59. The molecule has 1 saturated carbocycles. The Morgan fingerprint density at radius 3 is 2.60 bits per heavy atom. The molecule has 0 aromatic carbocycles. The number of aromatic nitrogens is 1. The Kier molecular flexibility index (Phi) is 5.24. The highest BCUT2D eigenvalue weighted by Gasteiger charge is 2.26. The van der Waals surface area contributed by atoms with Crippen LogP contribution in [0.15, 0.2) is 18.3 Å². The normalized spacial score (nSPS) is 18.8. The molecule has 4 heteroatoms. The van der Waals surface area contributed by atoms with E-state index in [2.05, 4.69) is 24.1 Å². The molecule has 1 aromatic heterocycles. The highest BCUT2D eigenvalue weighted by molar-refractivity contribution is 5.43. The number of nitrogens with one attached hydrogen (secondary N) is 1. The molecule has 0 saturated heterocycles. The maximum absolute atomic E-state index is 5.45. The summed E-state index contributed by atoms with van der Waals surface area (Å²) >= 11 is 0. The van der Waals surface area contributed by atoms with Crippen molar-refractivity contribution in [3.8, 4) is 5.88 Å². The van der Waals surface area contributed by atoms with Gasteiger partial charge in [-0.2, -0.15) is 0 Å². The highest BCUT2D eigenvalue weighted by atomic mass is 16.5. The van der Waals surface area contributed by atoms with Crippen LogP contribution in [0, 0.1) is 5.41 Å². The summed E-state index contributed by atoms with van der Waals surface area (Å²) in [7, 11) is 1.66. The van der Waals surface area contributed by atoms with Crippen LogP contribution in [0.5, 0.6) is 5.88 Å². The van der Waals surface area contributed by atoms with Crippen LogP contribution in [0.4, 0.5) is 5.69 Å². The number of hydrogen-bond donors (Lipinski definition) is 1. The lowest BCUT2D eigenvalue weighted by Gasteiger charge is -2.35. The lowest BCUT2D eigenvalue weighted by atomic mass is 9.75. The van der Waals surface area contributed by atoms with E-state index in [0.29, 0.717) is 30.6 Å². The molecule has 4 nitrogen and oxygen atoms in total. The summed E-state index contributed by atoms with van der Waals surface area (Å²) in [5.74, 6) is 0.650. The first-order valence-electron chi connectivity index (χ1n) is 7.43. The van der Waals surface area contributed by atoms with E-state index in [1.54, 1.807) is 7.11 Å². The molecule has 1 aliphatic rings. The van der Waals surface area contributed by atoms with Gasteiger partial charge in [0, 0.05) is 19.2 Å². The van der Waals surface area contributed by atoms with Crippen molar-refractivity contribution < 1.29 is 9.47 Å². The minimum absolute atomic E-state index is 0.509. The van der Waals surface area contributed by atoms with Gasteiger partial charge in [0.2, 0.25) is 5.88 Å². The summed E-state index contributed by atoms with van der Waals surface area (Å²) in [5.41, 5.74) is 1.59. The van der Waals surface area contributed by atoms with Crippen molar-refractivity contribution in [3.05, 3.63) is 18.3 Å². The van der Waals surface area contributed by atoms with E-state index >= 15 is 0 Å². The molecule has 20 heavy (non-hydrogen) atoms. The van der Waals surface area contributed by atoms with Gasteiger partial charge in [-0.15, -0.1) is 0 Å². The van der Waals surface area contributed by atoms with Gasteiger partial charge in [0.1, 0.15) is 6.61 Å². The fourth-order valence-electron chi connectivity index (χ4n) is 2.56. The van der Waals surface area contributed by atoms with E-state index in [1.165, 1.54) is 25.7 Å². The molecule has 0 bridgehead atoms. The third-order valence-corrected chi connectivity index (χ3v) is 3.98. The van der Waals surface area contributed by atoms with E-state index in [-0.39, 0.29) is 0 Å². The summed E-state index contributed by atoms with van der Waals surface area (Å²) in [6.45, 7) is 5.83. The zero-order valence-electron chi connectivity index (χ0n) is 12.8. The fraction of sp³-hybridized carbons (Fsp3) is 0.688. The third kappa shape index (κ3) is 4.67. The quantitative estimate of drug-likeness (QED) is 0.809. The molecule has 2 rings (SSSR count). The van der Waals surface area contributed by atoms with Gasteiger partial charge >= 0.3 is 0 Å². The van der Waals surface area contributed by atoms with Gasteiger partial charge in [-0.1, -0.05) is 13.8 Å². The average molecular weight is 278 g/mol. The van der Waals surface area contributed by atoms with Crippen LogP contribution in [0.1, 0.15) is 39.5 Å². The smallest absolute Gasteiger partial charge is 0.213 e. The van der Waals surface area contributed by atoms with Crippen molar-refractivity contribution in [3.63, 3.8) is 0 Å². The van der Waals surface area contributed by atoms with Gasteiger partial charge in [0.05, 0.1) is 18.5 Å². The third-order valence-electron chi connectivity index (χ3n) is 3.98. The Labute approximate surface area is 121 Å². The van der Waals surface area contributed by atoms with Crippen LogP contribution in [-0.4, -0.2) is 31.3 Å². The van der Waals surface area contributed by atoms with Gasteiger partial charge < -0.3 is 14.8 Å². The first-order valence-corrected chi connectivity index (χ1v) is 7.43. The van der Waals surface area contributed by atoms with Gasteiger partial charge in [-0.05, 0) is 37.2 Å². The van der Waals surface area contributed by atoms with Crippen molar-refractivity contribution in [2.75, 3.05) is 25.6 Å². The number of rotatable bonds is 6. The number of methoxy groups -OCH3 is 1. The Hall–Kier alpha value is -1.29. The summed E-state index contributed by atoms with van der Waals surface area (Å²) in [6, 6.07) is 4.52. The highest BCUT2D eigenvalue weighted by Crippen LogP contribution is 2.36. The van der Waals surface area contributed by atoms with Crippen LogP contribution >= 0.6 is 0 Å². The predicted molar refractivity (Wildman–Crippen MR) is 81.3 cm³/mol. The molecule has 0 atom stereocenters. The summed E-state index contributed by atoms with van der Waals surface area (Å²) in [5, 5.41) is 3.57. The van der Waals surface area contributed by atoms with E-state index < -0.39 is 0 Å². The van der Waals surface area contributed by atoms with Crippen molar-refractivity contribution in [1.82, 2.24) is 4.98 Å². The lowest BCUT2D eigenvalue weighted by molar-refractivity contribution is 0.144. The van der Waals surface area contributed by atoms with Crippen LogP contribution in [0.3, 0.4) is 0 Å². The number of hydrogen-bond acceptors (Lipinski definition) is 4. The average Bonchev–Trinajstić information content (AvgIpc) is 2.43. The van der Waals surface area contributed by atoms with E-state index in [4.69, 9.17) is 9.47 Å². The second-order valence-electron chi connectivity index (χ2n) is 6.31. The predicted octanol–water partition coefficient (Wildman–Crippen LogP) is 3.49. The number of pyridine rings is 1. The fourth-order valence-corrected chi connectivity index (χ4v) is 2.56. The molecule has 112 valence electrons.